The van der Waals surface area contributed by atoms with E-state index in [9.17, 15) is 9.18 Å². The van der Waals surface area contributed by atoms with Crippen LogP contribution in [-0.2, 0) is 6.54 Å². The van der Waals surface area contributed by atoms with E-state index in [-0.39, 0.29) is 11.7 Å². The molecular weight excluding hydrogens is 333 g/mol. The third-order valence-electron chi connectivity index (χ3n) is 3.78. The summed E-state index contributed by atoms with van der Waals surface area (Å²) in [6, 6.07) is 16.7. The van der Waals surface area contributed by atoms with Gasteiger partial charge in [-0.05, 0) is 42.5 Å². The van der Waals surface area contributed by atoms with Crippen LogP contribution in [0.2, 0.25) is 0 Å². The van der Waals surface area contributed by atoms with Gasteiger partial charge in [0, 0.05) is 24.0 Å². The number of nitrogens with one attached hydrogen (secondary N) is 2. The highest BCUT2D eigenvalue weighted by Gasteiger charge is 2.12. The lowest BCUT2D eigenvalue weighted by molar-refractivity contribution is 0.0951. The molecule has 0 saturated carbocycles. The number of pyridine rings is 1. The van der Waals surface area contributed by atoms with Crippen molar-refractivity contribution in [2.75, 3.05) is 12.4 Å². The van der Waals surface area contributed by atoms with E-state index in [1.54, 1.807) is 42.6 Å². The average molecular weight is 351 g/mol. The summed E-state index contributed by atoms with van der Waals surface area (Å²) in [5.41, 5.74) is 2.60. The van der Waals surface area contributed by atoms with Gasteiger partial charge in [0.05, 0.1) is 18.4 Å². The molecule has 3 rings (SSSR count). The summed E-state index contributed by atoms with van der Waals surface area (Å²) in [6.07, 6.45) is 1.63. The zero-order valence-electron chi connectivity index (χ0n) is 14.2. The van der Waals surface area contributed by atoms with Gasteiger partial charge in [0.15, 0.2) is 0 Å². The van der Waals surface area contributed by atoms with Crippen LogP contribution in [0.5, 0.6) is 5.88 Å². The Bertz CT molecular complexity index is 898. The lowest BCUT2D eigenvalue weighted by Crippen LogP contribution is -2.24. The molecule has 2 aromatic carbocycles. The van der Waals surface area contributed by atoms with Crippen molar-refractivity contribution < 1.29 is 13.9 Å². The number of carbonyl (C=O) groups excluding carboxylic acids is 1. The quantitative estimate of drug-likeness (QED) is 0.707. The van der Waals surface area contributed by atoms with E-state index in [1.807, 2.05) is 12.1 Å². The Balaban J connectivity index is 1.74. The number of halogens is 1. The van der Waals surface area contributed by atoms with Crippen LogP contribution in [0, 0.1) is 5.82 Å². The second-order valence-electron chi connectivity index (χ2n) is 5.53. The van der Waals surface area contributed by atoms with E-state index < -0.39 is 0 Å². The Labute approximate surface area is 150 Å². The van der Waals surface area contributed by atoms with Crippen LogP contribution in [0.25, 0.3) is 0 Å². The van der Waals surface area contributed by atoms with Crippen molar-refractivity contribution in [2.45, 2.75) is 6.54 Å². The van der Waals surface area contributed by atoms with E-state index in [0.29, 0.717) is 29.4 Å². The molecule has 2 N–H and O–H groups in total. The van der Waals surface area contributed by atoms with Gasteiger partial charge in [0.1, 0.15) is 5.82 Å². The molecule has 26 heavy (non-hydrogen) atoms. The molecule has 6 heteroatoms. The maximum atomic E-state index is 13.0. The van der Waals surface area contributed by atoms with Crippen LogP contribution in [0.15, 0.2) is 66.9 Å². The molecule has 0 bridgehead atoms. The first-order valence-corrected chi connectivity index (χ1v) is 8.05. The highest BCUT2D eigenvalue weighted by molar-refractivity contribution is 6.00. The van der Waals surface area contributed by atoms with Gasteiger partial charge in [-0.2, -0.15) is 0 Å². The van der Waals surface area contributed by atoms with Gasteiger partial charge < -0.3 is 15.4 Å². The van der Waals surface area contributed by atoms with Crippen molar-refractivity contribution in [2.24, 2.45) is 0 Å². The zero-order valence-corrected chi connectivity index (χ0v) is 14.2. The SMILES string of the molecule is COc1ncccc1CNC(=O)c1ccccc1Nc1ccc(F)cc1. The number of hydrogen-bond donors (Lipinski definition) is 2. The first-order chi connectivity index (χ1) is 12.7. The maximum Gasteiger partial charge on any atom is 0.253 e. The fourth-order valence-corrected chi connectivity index (χ4v) is 2.49. The highest BCUT2D eigenvalue weighted by Crippen LogP contribution is 2.21. The number of amides is 1. The van der Waals surface area contributed by atoms with Crippen molar-refractivity contribution in [3.05, 3.63) is 83.8 Å². The number of ether oxygens (including phenoxy) is 1. The van der Waals surface area contributed by atoms with Gasteiger partial charge in [-0.3, -0.25) is 4.79 Å². The Morgan fingerprint density at radius 3 is 2.62 bits per heavy atom. The van der Waals surface area contributed by atoms with Crippen molar-refractivity contribution in [3.63, 3.8) is 0 Å². The van der Waals surface area contributed by atoms with Gasteiger partial charge in [0.25, 0.3) is 5.91 Å². The van der Waals surface area contributed by atoms with E-state index in [0.717, 1.165) is 5.56 Å². The lowest BCUT2D eigenvalue weighted by Gasteiger charge is -2.13. The van der Waals surface area contributed by atoms with Gasteiger partial charge in [-0.1, -0.05) is 18.2 Å². The van der Waals surface area contributed by atoms with Gasteiger partial charge in [0.2, 0.25) is 5.88 Å². The molecule has 0 atom stereocenters. The second-order valence-corrected chi connectivity index (χ2v) is 5.53. The second kappa shape index (κ2) is 8.11. The topological polar surface area (TPSA) is 63.2 Å². The van der Waals surface area contributed by atoms with E-state index in [4.69, 9.17) is 4.74 Å². The first-order valence-electron chi connectivity index (χ1n) is 8.05. The van der Waals surface area contributed by atoms with Gasteiger partial charge in [-0.15, -0.1) is 0 Å². The van der Waals surface area contributed by atoms with Crippen molar-refractivity contribution in [1.82, 2.24) is 10.3 Å². The maximum absolute atomic E-state index is 13.0. The van der Waals surface area contributed by atoms with Crippen LogP contribution < -0.4 is 15.4 Å². The Morgan fingerprint density at radius 2 is 1.85 bits per heavy atom. The van der Waals surface area contributed by atoms with Crippen LogP contribution in [0.4, 0.5) is 15.8 Å². The Morgan fingerprint density at radius 1 is 1.08 bits per heavy atom. The van der Waals surface area contributed by atoms with Crippen LogP contribution >= 0.6 is 0 Å². The van der Waals surface area contributed by atoms with Crippen molar-refractivity contribution in [3.8, 4) is 5.88 Å². The molecule has 0 radical (unpaired) electrons. The summed E-state index contributed by atoms with van der Waals surface area (Å²) >= 11 is 0. The third-order valence-corrected chi connectivity index (χ3v) is 3.78. The fourth-order valence-electron chi connectivity index (χ4n) is 2.49. The van der Waals surface area contributed by atoms with Crippen LogP contribution in [-0.4, -0.2) is 18.0 Å². The molecule has 1 amide bonds. The van der Waals surface area contributed by atoms with Crippen LogP contribution in [0.3, 0.4) is 0 Å². The molecule has 132 valence electrons. The number of benzene rings is 2. The smallest absolute Gasteiger partial charge is 0.253 e. The normalized spacial score (nSPS) is 10.2. The fraction of sp³-hybridized carbons (Fsp3) is 0.100. The molecule has 0 saturated heterocycles. The Kier molecular flexibility index (Phi) is 5.43. The molecule has 5 nitrogen and oxygen atoms in total. The zero-order chi connectivity index (χ0) is 18.4. The predicted molar refractivity (Wildman–Crippen MR) is 98.1 cm³/mol. The largest absolute Gasteiger partial charge is 0.481 e. The minimum Gasteiger partial charge on any atom is -0.481 e. The lowest BCUT2D eigenvalue weighted by atomic mass is 10.1. The average Bonchev–Trinajstić information content (AvgIpc) is 2.68. The summed E-state index contributed by atoms with van der Waals surface area (Å²) < 4.78 is 18.2. The molecule has 1 heterocycles. The summed E-state index contributed by atoms with van der Waals surface area (Å²) in [5.74, 6) is -0.0707. The standard InChI is InChI=1S/C20H18FN3O2/c1-26-20-14(5-4-12-22-20)13-23-19(25)17-6-2-3-7-18(17)24-16-10-8-15(21)9-11-16/h2-12,24H,13H2,1H3,(H,23,25). The van der Waals surface area contributed by atoms with Crippen LogP contribution in [0.1, 0.15) is 15.9 Å². The molecule has 0 unspecified atom stereocenters. The summed E-state index contributed by atoms with van der Waals surface area (Å²) in [4.78, 5) is 16.7. The number of aromatic nitrogens is 1. The van der Waals surface area contributed by atoms with Crippen molar-refractivity contribution >= 4 is 17.3 Å². The number of para-hydroxylation sites is 1. The molecule has 0 aliphatic heterocycles. The van der Waals surface area contributed by atoms with E-state index in [2.05, 4.69) is 15.6 Å². The number of hydrogen-bond acceptors (Lipinski definition) is 4. The van der Waals surface area contributed by atoms with E-state index >= 15 is 0 Å². The Hall–Kier alpha value is -3.41. The summed E-state index contributed by atoms with van der Waals surface area (Å²) in [7, 11) is 1.54. The minimum absolute atomic E-state index is 0.235. The first kappa shape index (κ1) is 17.4. The number of anilines is 2. The third kappa shape index (κ3) is 4.16. The predicted octanol–water partition coefficient (Wildman–Crippen LogP) is 3.90. The highest BCUT2D eigenvalue weighted by atomic mass is 19.1. The molecular formula is C20H18FN3O2. The molecule has 0 spiro atoms. The molecule has 3 aromatic rings. The molecule has 0 fully saturated rings. The number of carbonyl (C=O) groups is 1. The number of methoxy groups -OCH3 is 1. The minimum atomic E-state index is -0.313. The molecule has 0 aliphatic rings. The van der Waals surface area contributed by atoms with Gasteiger partial charge in [-0.25, -0.2) is 9.37 Å². The van der Waals surface area contributed by atoms with Gasteiger partial charge >= 0.3 is 0 Å². The van der Waals surface area contributed by atoms with E-state index in [1.165, 1.54) is 19.2 Å². The molecule has 1 aromatic heterocycles. The number of nitrogens with zero attached hydrogens (tertiary/aromatic N) is 1. The number of rotatable bonds is 6. The summed E-state index contributed by atoms with van der Waals surface area (Å²) in [5, 5.41) is 6.00. The van der Waals surface area contributed by atoms with Crippen molar-refractivity contribution in [1.29, 1.82) is 0 Å². The summed E-state index contributed by atoms with van der Waals surface area (Å²) in [6.45, 7) is 0.292. The monoisotopic (exact) mass is 351 g/mol. The molecule has 0 aliphatic carbocycles.